The molecule has 0 aromatic heterocycles. The molecule has 0 amide bonds. The minimum Gasteiger partial charge on any atom is -0.495 e. The summed E-state index contributed by atoms with van der Waals surface area (Å²) in [5, 5.41) is 0. The van der Waals surface area contributed by atoms with Gasteiger partial charge in [-0.2, -0.15) is 0 Å². The van der Waals surface area contributed by atoms with E-state index in [1.807, 2.05) is 12.1 Å². The van der Waals surface area contributed by atoms with Crippen LogP contribution in [-0.4, -0.2) is 15.5 Å². The number of nitrogens with two attached hydrogens (primary N) is 1. The Morgan fingerprint density at radius 2 is 1.81 bits per heavy atom. The van der Waals surface area contributed by atoms with E-state index in [1.54, 1.807) is 25.1 Å². The molecule has 7 heteroatoms. The first kappa shape index (κ1) is 15.9. The van der Waals surface area contributed by atoms with Gasteiger partial charge in [0.2, 0.25) is 0 Å². The van der Waals surface area contributed by atoms with Crippen LogP contribution in [0.5, 0.6) is 5.75 Å². The molecule has 0 unspecified atom stereocenters. The van der Waals surface area contributed by atoms with Gasteiger partial charge in [-0.05, 0) is 71.5 Å². The van der Waals surface area contributed by atoms with Crippen molar-refractivity contribution in [1.29, 1.82) is 0 Å². The van der Waals surface area contributed by atoms with Crippen LogP contribution in [0.15, 0.2) is 41.3 Å². The van der Waals surface area contributed by atoms with Gasteiger partial charge in [-0.15, -0.1) is 0 Å². The molecule has 0 spiro atoms. The van der Waals surface area contributed by atoms with E-state index < -0.39 is 10.0 Å². The fourth-order valence-corrected chi connectivity index (χ4v) is 3.38. The number of hydrogen-bond donors (Lipinski definition) is 2. The molecule has 0 heterocycles. The Morgan fingerprint density at radius 3 is 2.38 bits per heavy atom. The van der Waals surface area contributed by atoms with Crippen molar-refractivity contribution in [2.75, 3.05) is 17.6 Å². The van der Waals surface area contributed by atoms with E-state index in [0.29, 0.717) is 11.4 Å². The van der Waals surface area contributed by atoms with E-state index in [4.69, 9.17) is 10.5 Å². The summed E-state index contributed by atoms with van der Waals surface area (Å²) in [4.78, 5) is 0.0200. The van der Waals surface area contributed by atoms with Crippen molar-refractivity contribution in [3.63, 3.8) is 0 Å². The molecule has 21 heavy (non-hydrogen) atoms. The number of benzene rings is 2. The number of aryl methyl sites for hydroxylation is 1. The maximum Gasteiger partial charge on any atom is 0.265 e. The van der Waals surface area contributed by atoms with Crippen LogP contribution < -0.4 is 15.2 Å². The molecule has 2 aromatic rings. The van der Waals surface area contributed by atoms with E-state index in [9.17, 15) is 8.42 Å². The molecule has 2 aromatic carbocycles. The summed E-state index contributed by atoms with van der Waals surface area (Å²) in [7, 11) is -2.34. The van der Waals surface area contributed by atoms with E-state index in [1.165, 1.54) is 13.2 Å². The number of ether oxygens (including phenoxy) is 1. The average Bonchev–Trinajstić information content (AvgIpc) is 2.43. The number of hydrogen-bond acceptors (Lipinski definition) is 4. The van der Waals surface area contributed by atoms with Gasteiger partial charge in [-0.3, -0.25) is 4.72 Å². The molecule has 0 aliphatic carbocycles. The third-order valence-corrected chi connectivity index (χ3v) is 5.06. The highest BCUT2D eigenvalue weighted by Crippen LogP contribution is 2.30. The largest absolute Gasteiger partial charge is 0.495 e. The van der Waals surface area contributed by atoms with Crippen LogP contribution in [0.4, 0.5) is 11.4 Å². The highest BCUT2D eigenvalue weighted by atomic mass is 127. The second kappa shape index (κ2) is 6.10. The first-order valence-corrected chi connectivity index (χ1v) is 8.62. The van der Waals surface area contributed by atoms with Crippen LogP contribution in [0.25, 0.3) is 0 Å². The fraction of sp³-hybridized carbons (Fsp3) is 0.143. The summed E-state index contributed by atoms with van der Waals surface area (Å²) in [6, 6.07) is 10.0. The lowest BCUT2D eigenvalue weighted by Gasteiger charge is -2.13. The molecule has 0 aliphatic heterocycles. The Morgan fingerprint density at radius 1 is 1.19 bits per heavy atom. The molecule has 0 radical (unpaired) electrons. The van der Waals surface area contributed by atoms with Crippen molar-refractivity contribution in [3.05, 3.63) is 45.5 Å². The zero-order valence-electron chi connectivity index (χ0n) is 11.6. The number of nitrogen functional groups attached to an aromatic ring is 1. The standard InChI is InChI=1S/C14H15IN2O3S/c1-9-7-13(20-2)14(8-12(9)16)21(18,19)17-11-5-3-10(15)4-6-11/h3-8,17H,16H2,1-2H3. The highest BCUT2D eigenvalue weighted by Gasteiger charge is 2.21. The first-order valence-electron chi connectivity index (χ1n) is 6.06. The van der Waals surface area contributed by atoms with Crippen molar-refractivity contribution in [1.82, 2.24) is 0 Å². The van der Waals surface area contributed by atoms with E-state index in [0.717, 1.165) is 9.13 Å². The number of anilines is 2. The summed E-state index contributed by atoms with van der Waals surface area (Å²) in [5.74, 6) is 0.264. The number of halogens is 1. The smallest absolute Gasteiger partial charge is 0.265 e. The Balaban J connectivity index is 2.44. The zero-order valence-corrected chi connectivity index (χ0v) is 14.5. The van der Waals surface area contributed by atoms with Gasteiger partial charge >= 0.3 is 0 Å². The highest BCUT2D eigenvalue weighted by molar-refractivity contribution is 14.1. The predicted molar refractivity (Wildman–Crippen MR) is 92.1 cm³/mol. The van der Waals surface area contributed by atoms with Crippen molar-refractivity contribution in [2.24, 2.45) is 0 Å². The summed E-state index contributed by atoms with van der Waals surface area (Å²) in [5.41, 5.74) is 7.45. The van der Waals surface area contributed by atoms with E-state index >= 15 is 0 Å². The van der Waals surface area contributed by atoms with Gasteiger partial charge in [0.15, 0.2) is 0 Å². The maximum absolute atomic E-state index is 12.5. The molecule has 5 nitrogen and oxygen atoms in total. The van der Waals surface area contributed by atoms with Crippen molar-refractivity contribution in [2.45, 2.75) is 11.8 Å². The molecule has 0 fully saturated rings. The zero-order chi connectivity index (χ0) is 15.6. The van der Waals surface area contributed by atoms with Gasteiger partial charge in [0.25, 0.3) is 10.0 Å². The minimum atomic E-state index is -3.77. The molecule has 0 bridgehead atoms. The van der Waals surface area contributed by atoms with Crippen LogP contribution in [-0.2, 0) is 10.0 Å². The van der Waals surface area contributed by atoms with Crippen molar-refractivity contribution < 1.29 is 13.2 Å². The number of sulfonamides is 1. The van der Waals surface area contributed by atoms with E-state index in [2.05, 4.69) is 27.3 Å². The molecule has 0 saturated carbocycles. The van der Waals surface area contributed by atoms with Crippen LogP contribution >= 0.6 is 22.6 Å². The first-order chi connectivity index (χ1) is 9.83. The second-order valence-corrected chi connectivity index (χ2v) is 7.37. The van der Waals surface area contributed by atoms with Crippen LogP contribution in [0, 0.1) is 10.5 Å². The molecule has 0 atom stereocenters. The fourth-order valence-electron chi connectivity index (χ4n) is 1.77. The van der Waals surface area contributed by atoms with E-state index in [-0.39, 0.29) is 10.6 Å². The number of methoxy groups -OCH3 is 1. The SMILES string of the molecule is COc1cc(C)c(N)cc1S(=O)(=O)Nc1ccc(I)cc1. The van der Waals surface area contributed by atoms with Gasteiger partial charge < -0.3 is 10.5 Å². The number of rotatable bonds is 4. The van der Waals surface area contributed by atoms with Gasteiger partial charge in [-0.25, -0.2) is 8.42 Å². The topological polar surface area (TPSA) is 81.4 Å². The van der Waals surface area contributed by atoms with Crippen LogP contribution in [0.3, 0.4) is 0 Å². The lowest BCUT2D eigenvalue weighted by molar-refractivity contribution is 0.402. The molecule has 2 rings (SSSR count). The van der Waals surface area contributed by atoms with Gasteiger partial charge in [0, 0.05) is 14.9 Å². The van der Waals surface area contributed by atoms with Crippen LogP contribution in [0.1, 0.15) is 5.56 Å². The maximum atomic E-state index is 12.5. The Kier molecular flexibility index (Phi) is 4.62. The molecule has 0 aliphatic rings. The monoisotopic (exact) mass is 418 g/mol. The summed E-state index contributed by atoms with van der Waals surface area (Å²) in [6.45, 7) is 1.79. The third-order valence-electron chi connectivity index (χ3n) is 2.94. The summed E-state index contributed by atoms with van der Waals surface area (Å²) < 4.78 is 33.6. The Hall–Kier alpha value is -1.48. The van der Waals surface area contributed by atoms with Crippen molar-refractivity contribution >= 4 is 44.0 Å². The number of nitrogens with one attached hydrogen (secondary N) is 1. The lowest BCUT2D eigenvalue weighted by atomic mass is 10.2. The molecular weight excluding hydrogens is 403 g/mol. The molecule has 112 valence electrons. The summed E-state index contributed by atoms with van der Waals surface area (Å²) >= 11 is 2.15. The quantitative estimate of drug-likeness (QED) is 0.591. The van der Waals surface area contributed by atoms with Gasteiger partial charge in [-0.1, -0.05) is 0 Å². The Bertz CT molecular complexity index is 759. The normalized spacial score (nSPS) is 11.2. The second-order valence-electron chi connectivity index (χ2n) is 4.47. The predicted octanol–water partition coefficient (Wildman–Crippen LogP) is 2.99. The molecule has 0 saturated heterocycles. The third kappa shape index (κ3) is 3.59. The van der Waals surface area contributed by atoms with Crippen LogP contribution in [0.2, 0.25) is 0 Å². The summed E-state index contributed by atoms with van der Waals surface area (Å²) in [6.07, 6.45) is 0. The Labute approximate surface area is 137 Å². The minimum absolute atomic E-state index is 0.0200. The molecular formula is C14H15IN2O3S. The lowest BCUT2D eigenvalue weighted by Crippen LogP contribution is -2.14. The molecule has 3 N–H and O–H groups in total. The van der Waals surface area contributed by atoms with Crippen molar-refractivity contribution in [3.8, 4) is 5.75 Å². The van der Waals surface area contributed by atoms with Gasteiger partial charge in [0.1, 0.15) is 10.6 Å². The van der Waals surface area contributed by atoms with Gasteiger partial charge in [0.05, 0.1) is 7.11 Å². The average molecular weight is 418 g/mol.